The number of nitrogens with one attached hydrogen (secondary N) is 2. The Morgan fingerprint density at radius 3 is 2.43 bits per heavy atom. The van der Waals surface area contributed by atoms with E-state index in [4.69, 9.17) is 9.15 Å². The first-order chi connectivity index (χ1) is 13.3. The average molecular weight is 396 g/mol. The fourth-order valence-electron chi connectivity index (χ4n) is 2.07. The van der Waals surface area contributed by atoms with Crippen LogP contribution in [0.1, 0.15) is 24.4 Å². The first-order valence-electron chi connectivity index (χ1n) is 8.17. The first-order valence-corrected chi connectivity index (χ1v) is 8.17. The molecule has 28 heavy (non-hydrogen) atoms. The molecule has 1 aromatic carbocycles. The van der Waals surface area contributed by atoms with E-state index in [1.807, 2.05) is 0 Å². The molecule has 0 aliphatic rings. The lowest BCUT2D eigenvalue weighted by Gasteiger charge is -2.18. The standard InChI is InChI=1S/C18H18F2N2O6/c1-10(21-16(24)14-8-5-9-26-14)17(25)27-11(2)15(23)22-12-6-3-4-7-13(12)28-18(19)20/h3-11,18H,1-2H3,(H,21,24)(H,22,23)/t10-,11?/m0/s1. The number of rotatable bonds is 8. The third kappa shape index (κ3) is 5.79. The molecule has 2 amide bonds. The molecule has 2 N–H and O–H groups in total. The summed E-state index contributed by atoms with van der Waals surface area (Å²) in [6.45, 7) is -0.392. The Morgan fingerprint density at radius 2 is 1.79 bits per heavy atom. The van der Waals surface area contributed by atoms with Crippen LogP contribution in [0.3, 0.4) is 0 Å². The highest BCUT2D eigenvalue weighted by Gasteiger charge is 2.25. The SMILES string of the molecule is CC(OC(=O)[C@H](C)NC(=O)c1ccco1)C(=O)Nc1ccccc1OC(F)F. The van der Waals surface area contributed by atoms with Crippen LogP contribution < -0.4 is 15.4 Å². The van der Waals surface area contributed by atoms with Gasteiger partial charge in [-0.05, 0) is 38.1 Å². The summed E-state index contributed by atoms with van der Waals surface area (Å²) in [5.41, 5.74) is -0.00475. The molecule has 0 bridgehead atoms. The Hall–Kier alpha value is -3.43. The van der Waals surface area contributed by atoms with Gasteiger partial charge in [-0.25, -0.2) is 4.79 Å². The number of hydrogen-bond acceptors (Lipinski definition) is 6. The van der Waals surface area contributed by atoms with Gasteiger partial charge in [0, 0.05) is 0 Å². The van der Waals surface area contributed by atoms with Crippen molar-refractivity contribution < 1.29 is 37.1 Å². The van der Waals surface area contributed by atoms with E-state index in [0.29, 0.717) is 0 Å². The van der Waals surface area contributed by atoms with Gasteiger partial charge in [-0.3, -0.25) is 9.59 Å². The average Bonchev–Trinajstić information content (AvgIpc) is 3.17. The number of anilines is 1. The highest BCUT2D eigenvalue weighted by atomic mass is 19.3. The van der Waals surface area contributed by atoms with Crippen molar-refractivity contribution in [2.75, 3.05) is 5.32 Å². The number of halogens is 2. The van der Waals surface area contributed by atoms with Crippen molar-refractivity contribution in [1.29, 1.82) is 0 Å². The number of para-hydroxylation sites is 2. The van der Waals surface area contributed by atoms with Crippen LogP contribution in [0.2, 0.25) is 0 Å². The molecule has 10 heteroatoms. The highest BCUT2D eigenvalue weighted by Crippen LogP contribution is 2.25. The van der Waals surface area contributed by atoms with Crippen LogP contribution in [0.5, 0.6) is 5.75 Å². The lowest BCUT2D eigenvalue weighted by molar-refractivity contribution is -0.154. The molecular weight excluding hydrogens is 378 g/mol. The van der Waals surface area contributed by atoms with E-state index in [0.717, 1.165) is 0 Å². The van der Waals surface area contributed by atoms with E-state index >= 15 is 0 Å². The molecule has 0 saturated carbocycles. The van der Waals surface area contributed by atoms with Crippen molar-refractivity contribution in [1.82, 2.24) is 5.32 Å². The number of carbonyl (C=O) groups is 3. The second-order valence-electron chi connectivity index (χ2n) is 5.62. The summed E-state index contributed by atoms with van der Waals surface area (Å²) in [7, 11) is 0. The van der Waals surface area contributed by atoms with Crippen molar-refractivity contribution >= 4 is 23.5 Å². The molecule has 2 aromatic rings. The molecule has 1 heterocycles. The fourth-order valence-corrected chi connectivity index (χ4v) is 2.07. The molecule has 8 nitrogen and oxygen atoms in total. The van der Waals surface area contributed by atoms with E-state index in [2.05, 4.69) is 15.4 Å². The molecule has 0 radical (unpaired) electrons. The zero-order valence-corrected chi connectivity index (χ0v) is 15.0. The summed E-state index contributed by atoms with van der Waals surface area (Å²) < 4.78 is 39.1. The van der Waals surface area contributed by atoms with Crippen LogP contribution >= 0.6 is 0 Å². The zero-order valence-electron chi connectivity index (χ0n) is 15.0. The minimum atomic E-state index is -3.06. The van der Waals surface area contributed by atoms with Crippen LogP contribution in [0, 0.1) is 0 Å². The minimum absolute atomic E-state index is 0.00475. The lowest BCUT2D eigenvalue weighted by atomic mass is 10.2. The Kier molecular flexibility index (Phi) is 7.08. The number of esters is 1. The maximum absolute atomic E-state index is 12.4. The monoisotopic (exact) mass is 396 g/mol. The highest BCUT2D eigenvalue weighted by molar-refractivity contribution is 5.97. The van der Waals surface area contributed by atoms with Gasteiger partial charge in [0.05, 0.1) is 12.0 Å². The quantitative estimate of drug-likeness (QED) is 0.664. The smallest absolute Gasteiger partial charge is 0.387 e. The van der Waals surface area contributed by atoms with Crippen LogP contribution in [0.15, 0.2) is 47.1 Å². The van der Waals surface area contributed by atoms with Crippen molar-refractivity contribution in [3.63, 3.8) is 0 Å². The Balaban J connectivity index is 1.91. The van der Waals surface area contributed by atoms with Crippen LogP contribution in [-0.4, -0.2) is 36.5 Å². The first kappa shape index (κ1) is 20.9. The van der Waals surface area contributed by atoms with Crippen molar-refractivity contribution in [3.05, 3.63) is 48.4 Å². The van der Waals surface area contributed by atoms with E-state index in [1.165, 1.54) is 56.5 Å². The van der Waals surface area contributed by atoms with Gasteiger partial charge in [0.1, 0.15) is 11.8 Å². The van der Waals surface area contributed by atoms with E-state index < -0.39 is 36.5 Å². The summed E-state index contributed by atoms with van der Waals surface area (Å²) >= 11 is 0. The Morgan fingerprint density at radius 1 is 1.07 bits per heavy atom. The molecule has 1 aromatic heterocycles. The van der Waals surface area contributed by atoms with Gasteiger partial charge in [-0.2, -0.15) is 8.78 Å². The summed E-state index contributed by atoms with van der Waals surface area (Å²) in [5.74, 6) is -2.46. The second kappa shape index (κ2) is 9.49. The summed E-state index contributed by atoms with van der Waals surface area (Å²) in [5, 5.41) is 4.71. The number of carbonyl (C=O) groups excluding carboxylic acids is 3. The molecule has 150 valence electrons. The van der Waals surface area contributed by atoms with Gasteiger partial charge >= 0.3 is 12.6 Å². The number of benzene rings is 1. The second-order valence-corrected chi connectivity index (χ2v) is 5.62. The molecular formula is C18H18F2N2O6. The van der Waals surface area contributed by atoms with Crippen LogP contribution in [0.4, 0.5) is 14.5 Å². The minimum Gasteiger partial charge on any atom is -0.459 e. The number of furan rings is 1. The number of alkyl halides is 2. The molecule has 0 spiro atoms. The topological polar surface area (TPSA) is 107 Å². The van der Waals surface area contributed by atoms with Gasteiger partial charge in [-0.15, -0.1) is 0 Å². The predicted molar refractivity (Wildman–Crippen MR) is 92.9 cm³/mol. The molecule has 2 rings (SSSR count). The fraction of sp³-hybridized carbons (Fsp3) is 0.278. The molecule has 2 atom stereocenters. The summed E-state index contributed by atoms with van der Waals surface area (Å²) in [4.78, 5) is 36.1. The Bertz CT molecular complexity index is 825. The number of hydrogen-bond donors (Lipinski definition) is 2. The summed E-state index contributed by atoms with van der Waals surface area (Å²) in [6, 6.07) is 7.46. The van der Waals surface area contributed by atoms with E-state index in [1.54, 1.807) is 0 Å². The number of amides is 2. The lowest BCUT2D eigenvalue weighted by Crippen LogP contribution is -2.42. The van der Waals surface area contributed by atoms with Crippen molar-refractivity contribution in [2.45, 2.75) is 32.6 Å². The molecule has 1 unspecified atom stereocenters. The van der Waals surface area contributed by atoms with E-state index in [9.17, 15) is 23.2 Å². The zero-order chi connectivity index (χ0) is 20.7. The number of ether oxygens (including phenoxy) is 2. The molecule has 0 aliphatic heterocycles. The largest absolute Gasteiger partial charge is 0.459 e. The van der Waals surface area contributed by atoms with Gasteiger partial charge < -0.3 is 24.5 Å². The summed E-state index contributed by atoms with van der Waals surface area (Å²) in [6.07, 6.45) is 0.0509. The van der Waals surface area contributed by atoms with Crippen molar-refractivity contribution in [3.8, 4) is 5.75 Å². The Labute approximate surface area is 158 Å². The van der Waals surface area contributed by atoms with Gasteiger partial charge in [-0.1, -0.05) is 12.1 Å². The van der Waals surface area contributed by atoms with E-state index in [-0.39, 0.29) is 17.2 Å². The maximum atomic E-state index is 12.4. The molecule has 0 fully saturated rings. The van der Waals surface area contributed by atoms with Gasteiger partial charge in [0.2, 0.25) is 0 Å². The van der Waals surface area contributed by atoms with Crippen LogP contribution in [-0.2, 0) is 14.3 Å². The predicted octanol–water partition coefficient (Wildman–Crippen LogP) is 2.57. The van der Waals surface area contributed by atoms with Crippen LogP contribution in [0.25, 0.3) is 0 Å². The molecule has 0 saturated heterocycles. The normalized spacial score (nSPS) is 12.8. The third-order valence-electron chi connectivity index (χ3n) is 3.47. The van der Waals surface area contributed by atoms with Gasteiger partial charge in [0.25, 0.3) is 11.8 Å². The van der Waals surface area contributed by atoms with Crippen molar-refractivity contribution in [2.24, 2.45) is 0 Å². The third-order valence-corrected chi connectivity index (χ3v) is 3.47. The molecule has 0 aliphatic carbocycles. The van der Waals surface area contributed by atoms with Gasteiger partial charge in [0.15, 0.2) is 11.9 Å². The maximum Gasteiger partial charge on any atom is 0.387 e.